The minimum absolute atomic E-state index is 0.0582. The van der Waals surface area contributed by atoms with E-state index in [1.165, 1.54) is 16.2 Å². The molecule has 2 aromatic heterocycles. The Morgan fingerprint density at radius 1 is 1.12 bits per heavy atom. The largest absolute Gasteiger partial charge is 0.376 e. The Balaban J connectivity index is 1.35. The molecule has 3 heterocycles. The van der Waals surface area contributed by atoms with Crippen LogP contribution in [0.3, 0.4) is 0 Å². The van der Waals surface area contributed by atoms with E-state index in [-0.39, 0.29) is 17.7 Å². The Labute approximate surface area is 200 Å². The molecular formula is C24H24ClN3O4S. The van der Waals surface area contributed by atoms with Crippen LogP contribution in [0.4, 0.5) is 5.00 Å². The van der Waals surface area contributed by atoms with Crippen molar-refractivity contribution in [2.45, 2.75) is 44.6 Å². The SMILES string of the molecule is O=C(Nc1sc2c(c1C(=O)NCC1CCCO1)CCCC2)c1cc(-c2ccc(Cl)cc2)on1. The number of carbonyl (C=O) groups is 2. The first-order valence-corrected chi connectivity index (χ1v) is 12.4. The molecule has 1 aliphatic heterocycles. The van der Waals surface area contributed by atoms with Crippen LogP contribution in [-0.2, 0) is 17.6 Å². The number of carbonyl (C=O) groups excluding carboxylic acids is 2. The number of thiophene rings is 1. The summed E-state index contributed by atoms with van der Waals surface area (Å²) in [7, 11) is 0. The van der Waals surface area contributed by atoms with Crippen molar-refractivity contribution in [1.82, 2.24) is 10.5 Å². The van der Waals surface area contributed by atoms with Gasteiger partial charge in [-0.25, -0.2) is 0 Å². The van der Waals surface area contributed by atoms with E-state index in [9.17, 15) is 9.59 Å². The zero-order valence-corrected chi connectivity index (χ0v) is 19.6. The number of hydrogen-bond donors (Lipinski definition) is 2. The van der Waals surface area contributed by atoms with E-state index in [2.05, 4.69) is 15.8 Å². The van der Waals surface area contributed by atoms with Gasteiger partial charge in [-0.2, -0.15) is 0 Å². The van der Waals surface area contributed by atoms with Crippen molar-refractivity contribution >= 4 is 39.8 Å². The van der Waals surface area contributed by atoms with Gasteiger partial charge in [0.05, 0.1) is 11.7 Å². The fourth-order valence-corrected chi connectivity index (χ4v) is 5.70. The van der Waals surface area contributed by atoms with Crippen LogP contribution >= 0.6 is 22.9 Å². The molecule has 172 valence electrons. The van der Waals surface area contributed by atoms with Crippen LogP contribution in [0.1, 0.15) is 57.0 Å². The monoisotopic (exact) mass is 485 g/mol. The molecule has 1 aliphatic carbocycles. The van der Waals surface area contributed by atoms with E-state index in [1.807, 2.05) is 0 Å². The van der Waals surface area contributed by atoms with Crippen LogP contribution in [0.5, 0.6) is 0 Å². The quantitative estimate of drug-likeness (QED) is 0.507. The number of nitrogens with zero attached hydrogens (tertiary/aromatic N) is 1. The fourth-order valence-electron chi connectivity index (χ4n) is 4.29. The predicted molar refractivity (Wildman–Crippen MR) is 127 cm³/mol. The zero-order chi connectivity index (χ0) is 22.8. The fraction of sp³-hybridized carbons (Fsp3) is 0.375. The molecule has 9 heteroatoms. The number of ether oxygens (including phenoxy) is 1. The first kappa shape index (κ1) is 22.1. The second kappa shape index (κ2) is 9.67. The number of anilines is 1. The van der Waals surface area contributed by atoms with Crippen molar-refractivity contribution in [1.29, 1.82) is 0 Å². The molecule has 33 heavy (non-hydrogen) atoms. The van der Waals surface area contributed by atoms with Gasteiger partial charge in [-0.15, -0.1) is 11.3 Å². The molecular weight excluding hydrogens is 462 g/mol. The Hall–Kier alpha value is -2.68. The third-order valence-electron chi connectivity index (χ3n) is 6.01. The minimum Gasteiger partial charge on any atom is -0.376 e. The van der Waals surface area contributed by atoms with Gasteiger partial charge in [0.2, 0.25) is 0 Å². The molecule has 1 aromatic carbocycles. The van der Waals surface area contributed by atoms with E-state index in [4.69, 9.17) is 20.9 Å². The average Bonchev–Trinajstić information content (AvgIpc) is 3.57. The number of aromatic nitrogens is 1. The number of hydrogen-bond acceptors (Lipinski definition) is 6. The summed E-state index contributed by atoms with van der Waals surface area (Å²) >= 11 is 7.42. The summed E-state index contributed by atoms with van der Waals surface area (Å²) in [5.74, 6) is -0.107. The molecule has 1 atom stereocenters. The second-order valence-corrected chi connectivity index (χ2v) is 9.84. The van der Waals surface area contributed by atoms with E-state index in [1.54, 1.807) is 30.3 Å². The molecule has 2 aliphatic rings. The van der Waals surface area contributed by atoms with Gasteiger partial charge < -0.3 is 19.9 Å². The third-order valence-corrected chi connectivity index (χ3v) is 7.47. The maximum Gasteiger partial charge on any atom is 0.278 e. The summed E-state index contributed by atoms with van der Waals surface area (Å²) in [4.78, 5) is 27.3. The molecule has 0 saturated carbocycles. The maximum atomic E-state index is 13.1. The number of aryl methyl sites for hydroxylation is 1. The van der Waals surface area contributed by atoms with Crippen LogP contribution in [0.15, 0.2) is 34.9 Å². The molecule has 7 nitrogen and oxygen atoms in total. The summed E-state index contributed by atoms with van der Waals surface area (Å²) in [5, 5.41) is 11.0. The van der Waals surface area contributed by atoms with Crippen LogP contribution < -0.4 is 10.6 Å². The first-order valence-electron chi connectivity index (χ1n) is 11.2. The van der Waals surface area contributed by atoms with Gasteiger partial charge in [-0.05, 0) is 68.4 Å². The minimum atomic E-state index is -0.411. The van der Waals surface area contributed by atoms with Crippen molar-refractivity contribution in [3.05, 3.63) is 57.1 Å². The summed E-state index contributed by atoms with van der Waals surface area (Å²) in [6.45, 7) is 1.22. The van der Waals surface area contributed by atoms with Crippen LogP contribution in [0.25, 0.3) is 11.3 Å². The Bertz CT molecular complexity index is 1170. The van der Waals surface area contributed by atoms with E-state index in [0.717, 1.165) is 56.3 Å². The smallest absolute Gasteiger partial charge is 0.278 e. The van der Waals surface area contributed by atoms with Gasteiger partial charge in [0.15, 0.2) is 11.5 Å². The normalized spacial score (nSPS) is 17.5. The average molecular weight is 486 g/mol. The van der Waals surface area contributed by atoms with Crippen molar-refractivity contribution < 1.29 is 18.8 Å². The lowest BCUT2D eigenvalue weighted by Crippen LogP contribution is -2.32. The lowest BCUT2D eigenvalue weighted by Gasteiger charge is -2.15. The van der Waals surface area contributed by atoms with Crippen molar-refractivity contribution in [2.24, 2.45) is 0 Å². The van der Waals surface area contributed by atoms with Crippen molar-refractivity contribution in [3.8, 4) is 11.3 Å². The molecule has 1 saturated heterocycles. The molecule has 3 aromatic rings. The highest BCUT2D eigenvalue weighted by Gasteiger charge is 2.28. The van der Waals surface area contributed by atoms with Crippen molar-refractivity contribution in [3.63, 3.8) is 0 Å². The lowest BCUT2D eigenvalue weighted by atomic mass is 9.95. The molecule has 2 N–H and O–H groups in total. The molecule has 5 rings (SSSR count). The van der Waals surface area contributed by atoms with E-state index < -0.39 is 5.91 Å². The number of fused-ring (bicyclic) bond motifs is 1. The highest BCUT2D eigenvalue weighted by molar-refractivity contribution is 7.17. The van der Waals surface area contributed by atoms with Gasteiger partial charge >= 0.3 is 0 Å². The summed E-state index contributed by atoms with van der Waals surface area (Å²) in [6.07, 6.45) is 5.92. The zero-order valence-electron chi connectivity index (χ0n) is 18.0. The van der Waals surface area contributed by atoms with Gasteiger partial charge in [-0.1, -0.05) is 16.8 Å². The van der Waals surface area contributed by atoms with Crippen LogP contribution in [0, 0.1) is 0 Å². The topological polar surface area (TPSA) is 93.5 Å². The van der Waals surface area contributed by atoms with Gasteiger partial charge in [0.25, 0.3) is 11.8 Å². The van der Waals surface area contributed by atoms with E-state index >= 15 is 0 Å². The lowest BCUT2D eigenvalue weighted by molar-refractivity contribution is 0.0858. The number of nitrogens with one attached hydrogen (secondary N) is 2. The molecule has 2 amide bonds. The molecule has 0 radical (unpaired) electrons. The third kappa shape index (κ3) is 4.83. The number of halogens is 1. The Morgan fingerprint density at radius 2 is 1.94 bits per heavy atom. The van der Waals surface area contributed by atoms with Gasteiger partial charge in [-0.3, -0.25) is 9.59 Å². The van der Waals surface area contributed by atoms with Gasteiger partial charge in [0, 0.05) is 34.7 Å². The van der Waals surface area contributed by atoms with Gasteiger partial charge in [0.1, 0.15) is 5.00 Å². The summed E-state index contributed by atoms with van der Waals surface area (Å²) in [6, 6.07) is 8.68. The number of benzene rings is 1. The maximum absolute atomic E-state index is 13.1. The standard InChI is InChI=1S/C24H24ClN3O4S/c25-15-9-7-14(8-10-15)19-12-18(28-32-19)22(29)27-24-21(17-5-1-2-6-20(17)33-24)23(30)26-13-16-4-3-11-31-16/h7-10,12,16H,1-6,11,13H2,(H,26,30)(H,27,29). The molecule has 1 unspecified atom stereocenters. The summed E-state index contributed by atoms with van der Waals surface area (Å²) < 4.78 is 11.0. The van der Waals surface area contributed by atoms with Crippen LogP contribution in [0.2, 0.25) is 5.02 Å². The highest BCUT2D eigenvalue weighted by Crippen LogP contribution is 2.38. The Kier molecular flexibility index (Phi) is 6.48. The highest BCUT2D eigenvalue weighted by atomic mass is 35.5. The second-order valence-electron chi connectivity index (χ2n) is 8.30. The number of rotatable bonds is 6. The number of amides is 2. The molecule has 1 fully saturated rings. The predicted octanol–water partition coefficient (Wildman–Crippen LogP) is 5.10. The van der Waals surface area contributed by atoms with Crippen LogP contribution in [-0.4, -0.2) is 36.2 Å². The molecule has 0 spiro atoms. The first-order chi connectivity index (χ1) is 16.1. The molecule has 0 bridgehead atoms. The van der Waals surface area contributed by atoms with Crippen molar-refractivity contribution in [2.75, 3.05) is 18.5 Å². The Morgan fingerprint density at radius 3 is 2.73 bits per heavy atom. The van der Waals surface area contributed by atoms with E-state index in [0.29, 0.717) is 27.9 Å². The summed E-state index contributed by atoms with van der Waals surface area (Å²) in [5.41, 5.74) is 2.54.